The van der Waals surface area contributed by atoms with Crippen LogP contribution < -0.4 is 0 Å². The van der Waals surface area contributed by atoms with Crippen LogP contribution in [0, 0.1) is 18.6 Å². The molecule has 0 bridgehead atoms. The Kier molecular flexibility index (Phi) is 4.64. The molecule has 0 aliphatic rings. The number of aliphatic hydroxyl groups excluding tert-OH is 1. The van der Waals surface area contributed by atoms with Crippen molar-refractivity contribution in [2.45, 2.75) is 18.4 Å². The van der Waals surface area contributed by atoms with Gasteiger partial charge in [-0.25, -0.2) is 17.2 Å². The van der Waals surface area contributed by atoms with E-state index in [4.69, 9.17) is 4.52 Å². The Morgan fingerprint density at radius 3 is 2.31 bits per heavy atom. The molecule has 0 unspecified atom stereocenters. The molecule has 8 heteroatoms. The van der Waals surface area contributed by atoms with Crippen LogP contribution in [0.3, 0.4) is 0 Å². The third-order valence-corrected chi connectivity index (χ3v) is 5.10. The molecule has 0 saturated heterocycles. The molecule has 0 aliphatic heterocycles. The van der Waals surface area contributed by atoms with E-state index in [9.17, 15) is 22.3 Å². The summed E-state index contributed by atoms with van der Waals surface area (Å²) >= 11 is 0. The van der Waals surface area contributed by atoms with E-state index in [0.29, 0.717) is 11.1 Å². The minimum absolute atomic E-state index is 0.0625. The molecule has 2 aromatic carbocycles. The highest BCUT2D eigenvalue weighted by molar-refractivity contribution is 7.90. The van der Waals surface area contributed by atoms with Gasteiger partial charge >= 0.3 is 0 Å². The quantitative estimate of drug-likeness (QED) is 0.751. The predicted molar refractivity (Wildman–Crippen MR) is 91.1 cm³/mol. The Morgan fingerprint density at radius 2 is 1.73 bits per heavy atom. The fraction of sp³-hybridized carbons (Fsp3) is 0.167. The van der Waals surface area contributed by atoms with Crippen molar-refractivity contribution in [1.29, 1.82) is 0 Å². The van der Waals surface area contributed by atoms with Crippen molar-refractivity contribution in [3.8, 4) is 22.4 Å². The van der Waals surface area contributed by atoms with Crippen LogP contribution in [-0.4, -0.2) is 24.9 Å². The van der Waals surface area contributed by atoms with Crippen LogP contribution in [0.25, 0.3) is 22.4 Å². The maximum Gasteiger partial charge on any atom is 0.178 e. The minimum Gasteiger partial charge on any atom is -0.388 e. The van der Waals surface area contributed by atoms with Crippen molar-refractivity contribution in [2.24, 2.45) is 0 Å². The van der Waals surface area contributed by atoms with Gasteiger partial charge in [-0.2, -0.15) is 0 Å². The van der Waals surface area contributed by atoms with E-state index in [1.54, 1.807) is 19.1 Å². The van der Waals surface area contributed by atoms with Gasteiger partial charge in [-0.3, -0.25) is 0 Å². The standard InChI is InChI=1S/C18H15F2NO4S/c1-10-3-4-12(8-13(10)19)18-17(15(9-22)25-21-18)11-5-6-16(14(20)7-11)26(2,23)24/h3-8,22H,9H2,1-2H3. The maximum absolute atomic E-state index is 14.3. The molecule has 0 radical (unpaired) electrons. The monoisotopic (exact) mass is 379 g/mol. The zero-order valence-electron chi connectivity index (χ0n) is 14.0. The topological polar surface area (TPSA) is 80.4 Å². The van der Waals surface area contributed by atoms with Gasteiger partial charge in [0.2, 0.25) is 0 Å². The fourth-order valence-corrected chi connectivity index (χ4v) is 3.35. The van der Waals surface area contributed by atoms with Gasteiger partial charge in [0.25, 0.3) is 0 Å². The number of aromatic nitrogens is 1. The van der Waals surface area contributed by atoms with E-state index in [1.807, 2.05) is 0 Å². The average molecular weight is 379 g/mol. The molecule has 0 fully saturated rings. The van der Waals surface area contributed by atoms with Gasteiger partial charge in [-0.1, -0.05) is 23.4 Å². The second-order valence-corrected chi connectivity index (χ2v) is 7.85. The smallest absolute Gasteiger partial charge is 0.178 e. The van der Waals surface area contributed by atoms with Crippen LogP contribution in [0.1, 0.15) is 11.3 Å². The van der Waals surface area contributed by atoms with E-state index < -0.39 is 33.0 Å². The van der Waals surface area contributed by atoms with Gasteiger partial charge in [0.1, 0.15) is 28.8 Å². The summed E-state index contributed by atoms with van der Waals surface area (Å²) in [7, 11) is -3.72. The summed E-state index contributed by atoms with van der Waals surface area (Å²) in [4.78, 5) is -0.439. The number of rotatable bonds is 4. The van der Waals surface area contributed by atoms with Crippen molar-refractivity contribution >= 4 is 9.84 Å². The summed E-state index contributed by atoms with van der Waals surface area (Å²) in [6, 6.07) is 8.00. The lowest BCUT2D eigenvalue weighted by molar-refractivity contribution is 0.230. The van der Waals surface area contributed by atoms with E-state index in [0.717, 1.165) is 18.4 Å². The summed E-state index contributed by atoms with van der Waals surface area (Å²) in [6.45, 7) is 1.10. The Balaban J connectivity index is 2.20. The summed E-state index contributed by atoms with van der Waals surface area (Å²) in [6.07, 6.45) is 0.907. The van der Waals surface area contributed by atoms with Crippen LogP contribution in [0.5, 0.6) is 0 Å². The van der Waals surface area contributed by atoms with Gasteiger partial charge in [0.15, 0.2) is 15.6 Å². The molecule has 3 rings (SSSR count). The largest absolute Gasteiger partial charge is 0.388 e. The Hall–Kier alpha value is -2.58. The third-order valence-electron chi connectivity index (χ3n) is 3.97. The number of nitrogens with zero attached hydrogens (tertiary/aromatic N) is 1. The molecule has 0 aliphatic carbocycles. The van der Waals surface area contributed by atoms with Gasteiger partial charge < -0.3 is 9.63 Å². The molecule has 0 saturated carbocycles. The number of halogens is 2. The summed E-state index contributed by atoms with van der Waals surface area (Å²) in [5.74, 6) is -1.32. The zero-order valence-corrected chi connectivity index (χ0v) is 14.8. The Labute approximate surface area is 148 Å². The number of aliphatic hydroxyl groups is 1. The lowest BCUT2D eigenvalue weighted by Gasteiger charge is -2.07. The first-order valence-electron chi connectivity index (χ1n) is 7.58. The molecule has 5 nitrogen and oxygen atoms in total. The van der Waals surface area contributed by atoms with Crippen LogP contribution in [0.15, 0.2) is 45.8 Å². The van der Waals surface area contributed by atoms with Crippen molar-refractivity contribution in [3.05, 3.63) is 59.4 Å². The van der Waals surface area contributed by atoms with E-state index in [1.165, 1.54) is 12.1 Å². The SMILES string of the molecule is Cc1ccc(-c2noc(CO)c2-c2ccc(S(C)(=O)=O)c(F)c2)cc1F. The Morgan fingerprint density at radius 1 is 1.08 bits per heavy atom. The first-order valence-corrected chi connectivity index (χ1v) is 9.47. The van der Waals surface area contributed by atoms with Crippen LogP contribution in [0.4, 0.5) is 8.78 Å². The highest BCUT2D eigenvalue weighted by atomic mass is 32.2. The second-order valence-electron chi connectivity index (χ2n) is 5.87. The molecule has 1 N–H and O–H groups in total. The average Bonchev–Trinajstić information content (AvgIpc) is 3.00. The van der Waals surface area contributed by atoms with Gasteiger partial charge in [-0.05, 0) is 36.2 Å². The number of sulfone groups is 1. The molecule has 0 amide bonds. The lowest BCUT2D eigenvalue weighted by Crippen LogP contribution is -2.01. The van der Waals surface area contributed by atoms with Gasteiger partial charge in [0.05, 0.1) is 5.56 Å². The maximum atomic E-state index is 14.3. The first-order chi connectivity index (χ1) is 12.2. The molecule has 136 valence electrons. The van der Waals surface area contributed by atoms with Crippen LogP contribution >= 0.6 is 0 Å². The molecule has 26 heavy (non-hydrogen) atoms. The lowest BCUT2D eigenvalue weighted by atomic mass is 9.98. The van der Waals surface area contributed by atoms with Crippen molar-refractivity contribution in [3.63, 3.8) is 0 Å². The zero-order chi connectivity index (χ0) is 19.1. The van der Waals surface area contributed by atoms with E-state index in [-0.39, 0.29) is 22.6 Å². The molecule has 1 heterocycles. The second kappa shape index (κ2) is 6.62. The fourth-order valence-electron chi connectivity index (χ4n) is 2.62. The third kappa shape index (κ3) is 3.25. The van der Waals surface area contributed by atoms with Crippen LogP contribution in [0.2, 0.25) is 0 Å². The highest BCUT2D eigenvalue weighted by Crippen LogP contribution is 2.36. The van der Waals surface area contributed by atoms with E-state index >= 15 is 0 Å². The van der Waals surface area contributed by atoms with Crippen molar-refractivity contribution in [1.82, 2.24) is 5.16 Å². The molecule has 0 spiro atoms. The van der Waals surface area contributed by atoms with Gasteiger partial charge in [0, 0.05) is 11.8 Å². The molecule has 1 aromatic heterocycles. The summed E-state index contributed by atoms with van der Waals surface area (Å²) < 4.78 is 56.4. The number of benzene rings is 2. The van der Waals surface area contributed by atoms with E-state index in [2.05, 4.69) is 5.16 Å². The summed E-state index contributed by atoms with van der Waals surface area (Å²) in [5.41, 5.74) is 1.59. The minimum atomic E-state index is -3.72. The summed E-state index contributed by atoms with van der Waals surface area (Å²) in [5, 5.41) is 13.4. The normalized spacial score (nSPS) is 11.7. The first kappa shape index (κ1) is 18.2. The van der Waals surface area contributed by atoms with Crippen molar-refractivity contribution < 1.29 is 26.8 Å². The number of aryl methyl sites for hydroxylation is 1. The number of hydrogen-bond acceptors (Lipinski definition) is 5. The molecular weight excluding hydrogens is 364 g/mol. The van der Waals surface area contributed by atoms with Gasteiger partial charge in [-0.15, -0.1) is 0 Å². The predicted octanol–water partition coefficient (Wildman–Crippen LogP) is 3.49. The Bertz CT molecular complexity index is 1090. The van der Waals surface area contributed by atoms with Crippen LogP contribution in [-0.2, 0) is 16.4 Å². The van der Waals surface area contributed by atoms with Crippen molar-refractivity contribution in [2.75, 3.05) is 6.26 Å². The number of hydrogen-bond donors (Lipinski definition) is 1. The molecular formula is C18H15F2NO4S. The highest BCUT2D eigenvalue weighted by Gasteiger charge is 2.22. The molecule has 0 atom stereocenters. The molecule has 3 aromatic rings.